The van der Waals surface area contributed by atoms with Crippen LogP contribution in [-0.4, -0.2) is 11.3 Å². The number of benzene rings is 2. The van der Waals surface area contributed by atoms with E-state index in [4.69, 9.17) is 9.05 Å². The van der Waals surface area contributed by atoms with E-state index >= 15 is 0 Å². The molecule has 0 radical (unpaired) electrons. The third-order valence-corrected chi connectivity index (χ3v) is 7.25. The summed E-state index contributed by atoms with van der Waals surface area (Å²) in [5, 5.41) is 13.2. The van der Waals surface area contributed by atoms with E-state index in [1.807, 2.05) is 102 Å². The predicted molar refractivity (Wildman–Crippen MR) is 117 cm³/mol. The molecule has 2 rings (SSSR count). The van der Waals surface area contributed by atoms with Gasteiger partial charge in [0.1, 0.15) is 0 Å². The SMILES string of the molecule is CC(C)(C)C([NH+]([O-])C(C)(C)C)P(=O)(OCc1ccccc1)OCc1ccccc1. The summed E-state index contributed by atoms with van der Waals surface area (Å²) in [6.45, 7) is 11.5. The van der Waals surface area contributed by atoms with Crippen LogP contribution in [0.3, 0.4) is 0 Å². The molecule has 0 fully saturated rings. The van der Waals surface area contributed by atoms with Gasteiger partial charge in [0.15, 0.2) is 5.78 Å². The van der Waals surface area contributed by atoms with Gasteiger partial charge in [-0.1, -0.05) is 81.4 Å². The predicted octanol–water partition coefficient (Wildman–Crippen LogP) is 5.17. The standard InChI is InChI=1S/C23H34NO4P/c1-22(2,3)21(24(25)23(4,5)6)29(26,27-17-19-13-9-7-10-14-19)28-18-20-15-11-8-12-16-20/h7-16,21,24H,17-18H2,1-6H3. The molecule has 0 bridgehead atoms. The van der Waals surface area contributed by atoms with E-state index in [1.54, 1.807) is 0 Å². The lowest BCUT2D eigenvalue weighted by atomic mass is 9.94. The van der Waals surface area contributed by atoms with E-state index in [0.717, 1.165) is 11.1 Å². The first-order chi connectivity index (χ1) is 13.4. The van der Waals surface area contributed by atoms with Crippen LogP contribution in [0.15, 0.2) is 60.7 Å². The molecule has 2 unspecified atom stereocenters. The Balaban J connectivity index is 2.37. The Bertz CT molecular complexity index is 750. The fourth-order valence-electron chi connectivity index (χ4n) is 3.09. The maximum Gasteiger partial charge on any atom is 0.389 e. The Morgan fingerprint density at radius 1 is 0.828 bits per heavy atom. The van der Waals surface area contributed by atoms with E-state index in [9.17, 15) is 9.77 Å². The molecule has 5 nitrogen and oxygen atoms in total. The molecule has 0 saturated carbocycles. The molecule has 0 heterocycles. The van der Waals surface area contributed by atoms with Crippen molar-refractivity contribution in [3.8, 4) is 0 Å². The summed E-state index contributed by atoms with van der Waals surface area (Å²) in [5.41, 5.74) is 0.506. The molecule has 0 amide bonds. The van der Waals surface area contributed by atoms with Gasteiger partial charge in [-0.05, 0) is 31.9 Å². The molecule has 0 saturated heterocycles. The zero-order valence-electron chi connectivity index (χ0n) is 18.3. The molecule has 160 valence electrons. The molecule has 29 heavy (non-hydrogen) atoms. The van der Waals surface area contributed by atoms with Gasteiger partial charge in [-0.25, -0.2) is 0 Å². The molecular formula is C23H34NO4P. The van der Waals surface area contributed by atoms with Crippen LogP contribution < -0.4 is 5.06 Å². The molecule has 2 aromatic carbocycles. The third-order valence-electron chi connectivity index (χ3n) is 4.63. The summed E-state index contributed by atoms with van der Waals surface area (Å²) in [6, 6.07) is 19.0. The Morgan fingerprint density at radius 2 is 1.21 bits per heavy atom. The van der Waals surface area contributed by atoms with Crippen LogP contribution in [0.4, 0.5) is 0 Å². The van der Waals surface area contributed by atoms with E-state index in [2.05, 4.69) is 0 Å². The highest BCUT2D eigenvalue weighted by atomic mass is 31.2. The number of quaternary nitrogens is 1. The molecule has 6 heteroatoms. The smallest absolute Gasteiger partial charge is 0.389 e. The fraction of sp³-hybridized carbons (Fsp3) is 0.478. The fourth-order valence-corrected chi connectivity index (χ4v) is 5.74. The number of hydroxylamine groups is 2. The number of hydrogen-bond acceptors (Lipinski definition) is 4. The Labute approximate surface area is 175 Å². The van der Waals surface area contributed by atoms with Crippen molar-refractivity contribution in [2.75, 3.05) is 0 Å². The summed E-state index contributed by atoms with van der Waals surface area (Å²) >= 11 is 0. The lowest BCUT2D eigenvalue weighted by molar-refractivity contribution is -0.917. The molecule has 1 N–H and O–H groups in total. The molecule has 2 aromatic rings. The second kappa shape index (κ2) is 9.55. The lowest BCUT2D eigenvalue weighted by Crippen LogP contribution is -3.19. The van der Waals surface area contributed by atoms with Crippen molar-refractivity contribution in [1.82, 2.24) is 0 Å². The van der Waals surface area contributed by atoms with Crippen molar-refractivity contribution >= 4 is 7.60 Å². The Kier molecular flexibility index (Phi) is 7.83. The maximum absolute atomic E-state index is 14.1. The third kappa shape index (κ3) is 6.77. The summed E-state index contributed by atoms with van der Waals surface area (Å²) in [4.78, 5) is 0. The summed E-state index contributed by atoms with van der Waals surface area (Å²) in [7, 11) is -3.78. The van der Waals surface area contributed by atoms with Crippen molar-refractivity contribution in [2.24, 2.45) is 5.41 Å². The van der Waals surface area contributed by atoms with Gasteiger partial charge in [0.2, 0.25) is 0 Å². The number of nitrogens with one attached hydrogen (secondary N) is 1. The molecule has 2 atom stereocenters. The summed E-state index contributed by atoms with van der Waals surface area (Å²) in [5.74, 6) is -0.873. The largest absolute Gasteiger partial charge is 0.633 e. The van der Waals surface area contributed by atoms with Crippen LogP contribution in [0, 0.1) is 10.6 Å². The highest BCUT2D eigenvalue weighted by Crippen LogP contribution is 2.57. The van der Waals surface area contributed by atoms with Crippen molar-refractivity contribution in [2.45, 2.75) is 66.1 Å². The van der Waals surface area contributed by atoms with E-state index in [0.29, 0.717) is 0 Å². The van der Waals surface area contributed by atoms with Gasteiger partial charge >= 0.3 is 7.60 Å². The second-order valence-corrected chi connectivity index (χ2v) is 11.6. The van der Waals surface area contributed by atoms with Crippen molar-refractivity contribution in [1.29, 1.82) is 0 Å². The van der Waals surface area contributed by atoms with Crippen LogP contribution in [0.1, 0.15) is 52.7 Å². The highest BCUT2D eigenvalue weighted by Gasteiger charge is 2.51. The lowest BCUT2D eigenvalue weighted by Gasteiger charge is -2.48. The zero-order valence-corrected chi connectivity index (χ0v) is 19.2. The zero-order chi connectivity index (χ0) is 21.7. The molecule has 0 aliphatic carbocycles. The first-order valence-corrected chi connectivity index (χ1v) is 11.6. The highest BCUT2D eigenvalue weighted by molar-refractivity contribution is 7.54. The van der Waals surface area contributed by atoms with E-state index < -0.39 is 24.3 Å². The van der Waals surface area contributed by atoms with Gasteiger partial charge in [0, 0.05) is 5.41 Å². The summed E-state index contributed by atoms with van der Waals surface area (Å²) < 4.78 is 26.0. The molecule has 0 aliphatic rings. The van der Waals surface area contributed by atoms with Crippen molar-refractivity contribution in [3.63, 3.8) is 0 Å². The van der Waals surface area contributed by atoms with Gasteiger partial charge in [0.05, 0.1) is 18.8 Å². The van der Waals surface area contributed by atoms with Gasteiger partial charge in [-0.3, -0.25) is 13.6 Å². The number of hydrogen-bond donors (Lipinski definition) is 1. The maximum atomic E-state index is 14.1. The van der Waals surface area contributed by atoms with Crippen LogP contribution in [0.2, 0.25) is 0 Å². The minimum Gasteiger partial charge on any atom is -0.633 e. The van der Waals surface area contributed by atoms with Crippen molar-refractivity contribution < 1.29 is 18.7 Å². The first kappa shape index (κ1) is 23.8. The monoisotopic (exact) mass is 419 g/mol. The van der Waals surface area contributed by atoms with Gasteiger partial charge in [-0.2, -0.15) is 0 Å². The quantitative estimate of drug-likeness (QED) is 0.474. The van der Waals surface area contributed by atoms with Gasteiger partial charge < -0.3 is 10.3 Å². The van der Waals surface area contributed by atoms with Crippen LogP contribution in [-0.2, 0) is 26.8 Å². The van der Waals surface area contributed by atoms with Crippen LogP contribution in [0.5, 0.6) is 0 Å². The van der Waals surface area contributed by atoms with Gasteiger partial charge in [-0.15, -0.1) is 0 Å². The van der Waals surface area contributed by atoms with Crippen LogP contribution in [0.25, 0.3) is 0 Å². The minimum absolute atomic E-state index is 0.116. The summed E-state index contributed by atoms with van der Waals surface area (Å²) in [6.07, 6.45) is 0. The topological polar surface area (TPSA) is 63.0 Å². The number of rotatable bonds is 8. The Morgan fingerprint density at radius 3 is 1.52 bits per heavy atom. The first-order valence-electron chi connectivity index (χ1n) is 9.94. The minimum atomic E-state index is -3.78. The van der Waals surface area contributed by atoms with Crippen LogP contribution >= 0.6 is 7.60 Å². The normalized spacial score (nSPS) is 15.1. The van der Waals surface area contributed by atoms with E-state index in [-0.39, 0.29) is 18.3 Å². The van der Waals surface area contributed by atoms with Crippen molar-refractivity contribution in [3.05, 3.63) is 77.0 Å². The van der Waals surface area contributed by atoms with Gasteiger partial charge in [0.25, 0.3) is 0 Å². The average molecular weight is 420 g/mol. The Hall–Kier alpha value is -1.49. The molecule has 0 spiro atoms. The molecule has 0 aliphatic heterocycles. The average Bonchev–Trinajstić information content (AvgIpc) is 2.65. The molecular weight excluding hydrogens is 385 g/mol. The van der Waals surface area contributed by atoms with E-state index in [1.165, 1.54) is 0 Å². The molecule has 0 aromatic heterocycles. The second-order valence-electron chi connectivity index (χ2n) is 9.44.